The number of benzene rings is 3. The lowest BCUT2D eigenvalue weighted by Crippen LogP contribution is -2.17. The Hall–Kier alpha value is -3.86. The highest BCUT2D eigenvalue weighted by Crippen LogP contribution is 2.23. The molecule has 0 saturated heterocycles. The van der Waals surface area contributed by atoms with Crippen molar-refractivity contribution in [2.24, 2.45) is 0 Å². The van der Waals surface area contributed by atoms with E-state index in [4.69, 9.17) is 4.74 Å². The monoisotopic (exact) mass is 383 g/mol. The molecule has 144 valence electrons. The van der Waals surface area contributed by atoms with E-state index >= 15 is 0 Å². The van der Waals surface area contributed by atoms with E-state index in [0.717, 1.165) is 22.6 Å². The van der Waals surface area contributed by atoms with E-state index < -0.39 is 0 Å². The molecule has 1 heterocycles. The summed E-state index contributed by atoms with van der Waals surface area (Å²) in [5.41, 5.74) is 3.36. The van der Waals surface area contributed by atoms with Gasteiger partial charge in [0.15, 0.2) is 0 Å². The van der Waals surface area contributed by atoms with E-state index in [2.05, 4.69) is 10.4 Å². The normalized spacial score (nSPS) is 10.5. The lowest BCUT2D eigenvalue weighted by Gasteiger charge is -2.09. The molecule has 5 heteroatoms. The van der Waals surface area contributed by atoms with Gasteiger partial charge in [-0.15, -0.1) is 0 Å². The maximum absolute atomic E-state index is 13.1. The van der Waals surface area contributed by atoms with Crippen LogP contribution in [-0.4, -0.2) is 22.8 Å². The van der Waals surface area contributed by atoms with Crippen molar-refractivity contribution >= 4 is 11.7 Å². The summed E-state index contributed by atoms with van der Waals surface area (Å²) in [6.45, 7) is 0.561. The van der Waals surface area contributed by atoms with Crippen LogP contribution in [0.15, 0.2) is 91.0 Å². The average Bonchev–Trinajstić information content (AvgIpc) is 3.23. The third kappa shape index (κ3) is 4.19. The van der Waals surface area contributed by atoms with Crippen LogP contribution in [0.1, 0.15) is 15.9 Å². The van der Waals surface area contributed by atoms with Gasteiger partial charge in [-0.05, 0) is 29.8 Å². The molecule has 5 nitrogen and oxygen atoms in total. The second-order valence-corrected chi connectivity index (χ2v) is 6.57. The van der Waals surface area contributed by atoms with Crippen molar-refractivity contribution in [2.45, 2.75) is 6.54 Å². The first kappa shape index (κ1) is 18.5. The number of nitrogens with zero attached hydrogens (tertiary/aromatic N) is 2. The molecule has 1 aromatic heterocycles. The highest BCUT2D eigenvalue weighted by atomic mass is 16.5. The molecule has 0 bridgehead atoms. The molecule has 4 aromatic rings. The number of anilines is 1. The van der Waals surface area contributed by atoms with Gasteiger partial charge in [0.05, 0.1) is 12.8 Å². The molecule has 3 aromatic carbocycles. The van der Waals surface area contributed by atoms with Crippen molar-refractivity contribution < 1.29 is 9.53 Å². The summed E-state index contributed by atoms with van der Waals surface area (Å²) in [6.07, 6.45) is 0. The van der Waals surface area contributed by atoms with Crippen LogP contribution in [0.4, 0.5) is 5.82 Å². The zero-order valence-electron chi connectivity index (χ0n) is 16.1. The molecule has 0 aliphatic heterocycles. The van der Waals surface area contributed by atoms with Crippen molar-refractivity contribution in [1.82, 2.24) is 9.78 Å². The van der Waals surface area contributed by atoms with Gasteiger partial charge >= 0.3 is 0 Å². The quantitative estimate of drug-likeness (QED) is 0.517. The predicted octanol–water partition coefficient (Wildman–Crippen LogP) is 4.86. The number of carbonyl (C=O) groups excluding carboxylic acids is 1. The van der Waals surface area contributed by atoms with Gasteiger partial charge in [-0.3, -0.25) is 4.79 Å². The van der Waals surface area contributed by atoms with Crippen LogP contribution in [-0.2, 0) is 6.54 Å². The largest absolute Gasteiger partial charge is 0.497 e. The number of aromatic nitrogens is 2. The molecule has 0 atom stereocenters. The van der Waals surface area contributed by atoms with E-state index in [1.807, 2.05) is 78.9 Å². The molecule has 0 aliphatic rings. The Morgan fingerprint density at radius 1 is 0.931 bits per heavy atom. The minimum Gasteiger partial charge on any atom is -0.497 e. The van der Waals surface area contributed by atoms with E-state index in [1.165, 1.54) is 4.68 Å². The summed E-state index contributed by atoms with van der Waals surface area (Å²) in [6, 6.07) is 28.7. The number of ether oxygens (including phenoxy) is 1. The molecular formula is C24H21N3O2. The van der Waals surface area contributed by atoms with Crippen molar-refractivity contribution in [1.29, 1.82) is 0 Å². The summed E-state index contributed by atoms with van der Waals surface area (Å²) in [5, 5.41) is 7.93. The number of hydrogen-bond acceptors (Lipinski definition) is 4. The number of nitrogens with one attached hydrogen (secondary N) is 1. The van der Waals surface area contributed by atoms with Gasteiger partial charge in [-0.2, -0.15) is 9.78 Å². The predicted molar refractivity (Wildman–Crippen MR) is 114 cm³/mol. The Morgan fingerprint density at radius 2 is 1.59 bits per heavy atom. The van der Waals surface area contributed by atoms with Gasteiger partial charge in [-0.25, -0.2) is 0 Å². The first-order valence-corrected chi connectivity index (χ1v) is 9.36. The van der Waals surface area contributed by atoms with Gasteiger partial charge in [0.25, 0.3) is 5.91 Å². The number of rotatable bonds is 6. The number of hydrogen-bond donors (Lipinski definition) is 1. The smallest absolute Gasteiger partial charge is 0.280 e. The van der Waals surface area contributed by atoms with Crippen LogP contribution in [0.5, 0.6) is 5.75 Å². The Labute approximate surface area is 169 Å². The Bertz CT molecular complexity index is 1090. The van der Waals surface area contributed by atoms with Gasteiger partial charge in [0.1, 0.15) is 11.6 Å². The van der Waals surface area contributed by atoms with Crippen LogP contribution in [0, 0.1) is 0 Å². The first-order valence-electron chi connectivity index (χ1n) is 9.36. The molecule has 0 unspecified atom stereocenters. The molecule has 29 heavy (non-hydrogen) atoms. The van der Waals surface area contributed by atoms with E-state index in [9.17, 15) is 4.79 Å². The fraction of sp³-hybridized carbons (Fsp3) is 0.0833. The topological polar surface area (TPSA) is 56.1 Å². The summed E-state index contributed by atoms with van der Waals surface area (Å²) >= 11 is 0. The van der Waals surface area contributed by atoms with Crippen LogP contribution in [0.25, 0.3) is 11.3 Å². The zero-order chi connectivity index (χ0) is 20.1. The molecule has 0 saturated carbocycles. The third-order valence-corrected chi connectivity index (χ3v) is 4.62. The van der Waals surface area contributed by atoms with Crippen LogP contribution < -0.4 is 10.1 Å². The Kier molecular flexibility index (Phi) is 5.38. The lowest BCUT2D eigenvalue weighted by atomic mass is 10.1. The summed E-state index contributed by atoms with van der Waals surface area (Å²) in [4.78, 5) is 13.1. The molecule has 0 fully saturated rings. The fourth-order valence-electron chi connectivity index (χ4n) is 3.05. The van der Waals surface area contributed by atoms with Crippen LogP contribution in [0.3, 0.4) is 0 Å². The zero-order valence-corrected chi connectivity index (χ0v) is 16.1. The number of carbonyl (C=O) groups is 1. The van der Waals surface area contributed by atoms with Crippen molar-refractivity contribution in [3.05, 3.63) is 102 Å². The molecule has 1 N–H and O–H groups in total. The summed E-state index contributed by atoms with van der Waals surface area (Å²) < 4.78 is 6.64. The Balaban J connectivity index is 1.65. The second kappa shape index (κ2) is 8.44. The van der Waals surface area contributed by atoms with Gasteiger partial charge in [0, 0.05) is 23.7 Å². The van der Waals surface area contributed by atoms with Gasteiger partial charge in [0.2, 0.25) is 0 Å². The molecular weight excluding hydrogens is 362 g/mol. The fourth-order valence-corrected chi connectivity index (χ4v) is 3.05. The molecule has 4 rings (SSSR count). The molecule has 0 amide bonds. The Morgan fingerprint density at radius 3 is 2.24 bits per heavy atom. The highest BCUT2D eigenvalue weighted by molar-refractivity contribution is 5.97. The molecule has 0 spiro atoms. The molecule has 0 aliphatic carbocycles. The average molecular weight is 383 g/mol. The summed E-state index contributed by atoms with van der Waals surface area (Å²) in [5.74, 6) is 1.28. The van der Waals surface area contributed by atoms with Gasteiger partial charge < -0.3 is 10.1 Å². The SMILES string of the molecule is COc1ccc(CNc2cc(-c3ccccc3)nn2C(=O)c2ccccc2)cc1. The van der Waals surface area contributed by atoms with Gasteiger partial charge in [-0.1, -0.05) is 60.7 Å². The second-order valence-electron chi connectivity index (χ2n) is 6.57. The minimum absolute atomic E-state index is 0.176. The maximum atomic E-state index is 13.1. The van der Waals surface area contributed by atoms with E-state index in [0.29, 0.717) is 17.9 Å². The van der Waals surface area contributed by atoms with E-state index in [-0.39, 0.29) is 5.91 Å². The van der Waals surface area contributed by atoms with E-state index in [1.54, 1.807) is 19.2 Å². The van der Waals surface area contributed by atoms with Crippen molar-refractivity contribution in [2.75, 3.05) is 12.4 Å². The maximum Gasteiger partial charge on any atom is 0.280 e. The van der Waals surface area contributed by atoms with Crippen LogP contribution in [0.2, 0.25) is 0 Å². The molecule has 0 radical (unpaired) electrons. The number of methoxy groups -OCH3 is 1. The standard InChI is InChI=1S/C24H21N3O2/c1-29-21-14-12-18(13-15-21)17-25-23-16-22(19-8-4-2-5-9-19)26-27(23)24(28)20-10-6-3-7-11-20/h2-16,25H,17H2,1H3. The summed E-state index contributed by atoms with van der Waals surface area (Å²) in [7, 11) is 1.64. The van der Waals surface area contributed by atoms with Crippen molar-refractivity contribution in [3.8, 4) is 17.0 Å². The minimum atomic E-state index is -0.176. The first-order chi connectivity index (χ1) is 14.2. The van der Waals surface area contributed by atoms with Crippen molar-refractivity contribution in [3.63, 3.8) is 0 Å². The third-order valence-electron chi connectivity index (χ3n) is 4.62. The van der Waals surface area contributed by atoms with Crippen LogP contribution >= 0.6 is 0 Å². The highest BCUT2D eigenvalue weighted by Gasteiger charge is 2.17. The lowest BCUT2D eigenvalue weighted by molar-refractivity contribution is 0.0948.